The Labute approximate surface area is 119 Å². The number of nitrogens with two attached hydrogens (primary N) is 1. The quantitative estimate of drug-likeness (QED) is 0.843. The van der Waals surface area contributed by atoms with Gasteiger partial charge in [-0.3, -0.25) is 4.99 Å². The molecule has 4 nitrogen and oxygen atoms in total. The molecule has 0 radical (unpaired) electrons. The highest BCUT2D eigenvalue weighted by Crippen LogP contribution is 2.32. The van der Waals surface area contributed by atoms with E-state index in [1.807, 2.05) is 0 Å². The van der Waals surface area contributed by atoms with E-state index in [1.165, 1.54) is 12.1 Å². The van der Waals surface area contributed by atoms with Crippen LogP contribution in [0.25, 0.3) is 0 Å². The van der Waals surface area contributed by atoms with Crippen LogP contribution in [0.2, 0.25) is 0 Å². The van der Waals surface area contributed by atoms with Crippen LogP contribution in [0.5, 0.6) is 0 Å². The van der Waals surface area contributed by atoms with E-state index in [-0.39, 0.29) is 30.3 Å². The number of rotatable bonds is 3. The van der Waals surface area contributed by atoms with Crippen LogP contribution in [-0.4, -0.2) is 31.8 Å². The Hall–Kier alpha value is -1.83. The van der Waals surface area contributed by atoms with Crippen molar-refractivity contribution in [1.29, 1.82) is 0 Å². The number of hydrogen-bond donors (Lipinski definition) is 2. The summed E-state index contributed by atoms with van der Waals surface area (Å²) < 4.78 is 55.8. The summed E-state index contributed by atoms with van der Waals surface area (Å²) in [6.45, 7) is 0.679. The molecule has 1 aromatic carbocycles. The second kappa shape index (κ2) is 5.51. The summed E-state index contributed by atoms with van der Waals surface area (Å²) in [6.07, 6.45) is -4.35. The number of benzene rings is 1. The second-order valence-electron chi connectivity index (χ2n) is 5.03. The molecule has 0 aliphatic carbocycles. The third-order valence-corrected chi connectivity index (χ3v) is 3.06. The van der Waals surface area contributed by atoms with Crippen molar-refractivity contribution in [3.05, 3.63) is 29.6 Å². The Morgan fingerprint density at radius 1 is 1.43 bits per heavy atom. The van der Waals surface area contributed by atoms with Gasteiger partial charge in [-0.05, 0) is 25.1 Å². The first-order valence-electron chi connectivity index (χ1n) is 6.22. The molecule has 1 atom stereocenters. The van der Waals surface area contributed by atoms with Gasteiger partial charge in [0.1, 0.15) is 30.3 Å². The third-order valence-electron chi connectivity index (χ3n) is 3.06. The van der Waals surface area contributed by atoms with Gasteiger partial charge in [0.05, 0.1) is 6.61 Å². The SMILES string of the molecule is CC1(c2cc(NCC(F)(F)F)ccc2F)COCC(N)=N1. The molecule has 1 aliphatic heterocycles. The first kappa shape index (κ1) is 15.6. The molecule has 0 spiro atoms. The normalized spacial score (nSPS) is 22.8. The summed E-state index contributed by atoms with van der Waals surface area (Å²) in [5.41, 5.74) is 4.83. The van der Waals surface area contributed by atoms with Gasteiger partial charge >= 0.3 is 6.18 Å². The minimum atomic E-state index is -4.35. The molecule has 1 aromatic rings. The lowest BCUT2D eigenvalue weighted by Gasteiger charge is -2.30. The fourth-order valence-corrected chi connectivity index (χ4v) is 2.12. The van der Waals surface area contributed by atoms with Crippen LogP contribution in [0.3, 0.4) is 0 Å². The zero-order valence-corrected chi connectivity index (χ0v) is 11.3. The van der Waals surface area contributed by atoms with Gasteiger partial charge in [-0.25, -0.2) is 4.39 Å². The molecule has 1 heterocycles. The van der Waals surface area contributed by atoms with E-state index in [0.717, 1.165) is 6.07 Å². The number of amidine groups is 1. The van der Waals surface area contributed by atoms with Crippen molar-refractivity contribution in [2.45, 2.75) is 18.6 Å². The Morgan fingerprint density at radius 3 is 2.76 bits per heavy atom. The molecular weight excluding hydrogens is 290 g/mol. The molecule has 0 saturated carbocycles. The Balaban J connectivity index is 2.29. The molecule has 0 aromatic heterocycles. The van der Waals surface area contributed by atoms with Crippen LogP contribution in [0.1, 0.15) is 12.5 Å². The summed E-state index contributed by atoms with van der Waals surface area (Å²) in [5.74, 6) is -0.353. The van der Waals surface area contributed by atoms with Crippen molar-refractivity contribution in [3.8, 4) is 0 Å². The molecule has 0 fully saturated rings. The molecule has 0 amide bonds. The summed E-state index contributed by atoms with van der Waals surface area (Å²) in [7, 11) is 0. The van der Waals surface area contributed by atoms with E-state index in [1.54, 1.807) is 6.92 Å². The number of aliphatic imine (C=N–C) groups is 1. The van der Waals surface area contributed by atoms with Crippen molar-refractivity contribution in [2.75, 3.05) is 25.1 Å². The number of ether oxygens (including phenoxy) is 1. The van der Waals surface area contributed by atoms with Gasteiger partial charge < -0.3 is 15.8 Å². The van der Waals surface area contributed by atoms with Gasteiger partial charge in [0.25, 0.3) is 0 Å². The molecule has 8 heteroatoms. The maximum absolute atomic E-state index is 14.0. The van der Waals surface area contributed by atoms with Crippen molar-refractivity contribution >= 4 is 11.5 Å². The zero-order chi connectivity index (χ0) is 15.7. The van der Waals surface area contributed by atoms with Crippen LogP contribution in [0.15, 0.2) is 23.2 Å². The summed E-state index contributed by atoms with van der Waals surface area (Å²) in [4.78, 5) is 4.17. The molecule has 1 unspecified atom stereocenters. The van der Waals surface area contributed by atoms with Crippen molar-refractivity contribution in [2.24, 2.45) is 10.7 Å². The van der Waals surface area contributed by atoms with Crippen molar-refractivity contribution in [3.63, 3.8) is 0 Å². The smallest absolute Gasteiger partial charge is 0.386 e. The standard InChI is InChI=1S/C13H15F4N3O/c1-12(7-21-5-11(18)20-12)9-4-8(2-3-10(9)14)19-6-13(15,16)17/h2-4,19H,5-7H2,1H3,(H2,18,20). The minimum absolute atomic E-state index is 0.105. The Bertz CT molecular complexity index is 559. The zero-order valence-electron chi connectivity index (χ0n) is 11.3. The predicted octanol–water partition coefficient (Wildman–Crippen LogP) is 2.40. The number of alkyl halides is 3. The van der Waals surface area contributed by atoms with Crippen molar-refractivity contribution in [1.82, 2.24) is 0 Å². The van der Waals surface area contributed by atoms with Crippen molar-refractivity contribution < 1.29 is 22.3 Å². The van der Waals surface area contributed by atoms with E-state index in [4.69, 9.17) is 10.5 Å². The van der Waals surface area contributed by atoms with E-state index < -0.39 is 24.1 Å². The first-order chi connectivity index (χ1) is 9.70. The van der Waals surface area contributed by atoms with Gasteiger partial charge in [-0.15, -0.1) is 0 Å². The predicted molar refractivity (Wildman–Crippen MR) is 70.7 cm³/mol. The van der Waals surface area contributed by atoms with Crippen LogP contribution in [-0.2, 0) is 10.3 Å². The van der Waals surface area contributed by atoms with Crippen LogP contribution in [0, 0.1) is 5.82 Å². The molecular formula is C13H15F4N3O. The maximum Gasteiger partial charge on any atom is 0.405 e. The minimum Gasteiger partial charge on any atom is -0.386 e. The Kier molecular flexibility index (Phi) is 4.08. The number of anilines is 1. The first-order valence-corrected chi connectivity index (χ1v) is 6.22. The van der Waals surface area contributed by atoms with Crippen LogP contribution >= 0.6 is 0 Å². The highest BCUT2D eigenvalue weighted by molar-refractivity contribution is 5.82. The lowest BCUT2D eigenvalue weighted by molar-refractivity contribution is -0.115. The number of nitrogens with one attached hydrogen (secondary N) is 1. The van der Waals surface area contributed by atoms with Gasteiger partial charge in [-0.2, -0.15) is 13.2 Å². The van der Waals surface area contributed by atoms with Gasteiger partial charge in [0.15, 0.2) is 0 Å². The Morgan fingerprint density at radius 2 is 2.14 bits per heavy atom. The highest BCUT2D eigenvalue weighted by atomic mass is 19.4. The van der Waals surface area contributed by atoms with E-state index in [2.05, 4.69) is 10.3 Å². The molecule has 1 aliphatic rings. The number of halogens is 4. The van der Waals surface area contributed by atoms with Crippen LogP contribution < -0.4 is 11.1 Å². The van der Waals surface area contributed by atoms with E-state index >= 15 is 0 Å². The molecule has 21 heavy (non-hydrogen) atoms. The topological polar surface area (TPSA) is 59.6 Å². The average molecular weight is 305 g/mol. The van der Waals surface area contributed by atoms with E-state index in [9.17, 15) is 17.6 Å². The largest absolute Gasteiger partial charge is 0.405 e. The average Bonchev–Trinajstić information content (AvgIpc) is 2.36. The molecule has 0 bridgehead atoms. The second-order valence-corrected chi connectivity index (χ2v) is 5.03. The highest BCUT2D eigenvalue weighted by Gasteiger charge is 2.33. The monoisotopic (exact) mass is 305 g/mol. The lowest BCUT2D eigenvalue weighted by Crippen LogP contribution is -2.38. The van der Waals surface area contributed by atoms with Gasteiger partial charge in [0, 0.05) is 11.3 Å². The summed E-state index contributed by atoms with van der Waals surface area (Å²) in [6, 6.07) is 3.64. The lowest BCUT2D eigenvalue weighted by atomic mass is 9.92. The van der Waals surface area contributed by atoms with Crippen LogP contribution in [0.4, 0.5) is 23.2 Å². The van der Waals surface area contributed by atoms with Gasteiger partial charge in [-0.1, -0.05) is 0 Å². The fourth-order valence-electron chi connectivity index (χ4n) is 2.12. The molecule has 0 saturated heterocycles. The van der Waals surface area contributed by atoms with E-state index in [0.29, 0.717) is 0 Å². The number of nitrogens with zero attached hydrogens (tertiary/aromatic N) is 1. The maximum atomic E-state index is 14.0. The molecule has 3 N–H and O–H groups in total. The molecule has 116 valence electrons. The fraction of sp³-hybridized carbons (Fsp3) is 0.462. The third kappa shape index (κ3) is 3.84. The van der Waals surface area contributed by atoms with Gasteiger partial charge in [0.2, 0.25) is 0 Å². The molecule has 2 rings (SSSR count). The summed E-state index contributed by atoms with van der Waals surface area (Å²) in [5, 5.41) is 2.21. The number of hydrogen-bond acceptors (Lipinski definition) is 4. The summed E-state index contributed by atoms with van der Waals surface area (Å²) >= 11 is 0.